The predicted molar refractivity (Wildman–Crippen MR) is 103 cm³/mol. The van der Waals surface area contributed by atoms with Crippen LogP contribution in [0.15, 0.2) is 28.1 Å². The summed E-state index contributed by atoms with van der Waals surface area (Å²) in [7, 11) is 0. The highest BCUT2D eigenvalue weighted by Crippen LogP contribution is 2.37. The zero-order valence-electron chi connectivity index (χ0n) is 15.0. The van der Waals surface area contributed by atoms with E-state index in [9.17, 15) is 9.59 Å². The van der Waals surface area contributed by atoms with Gasteiger partial charge in [0.05, 0.1) is 5.69 Å². The van der Waals surface area contributed by atoms with Gasteiger partial charge in [-0.25, -0.2) is 9.78 Å². The molecule has 1 aromatic heterocycles. The maximum Gasteiger partial charge on any atom is 0.404 e. The minimum atomic E-state index is -0.918. The number of imidazole rings is 1. The normalized spacial score (nSPS) is 10.9. The van der Waals surface area contributed by atoms with Crippen molar-refractivity contribution in [1.82, 2.24) is 9.55 Å². The van der Waals surface area contributed by atoms with Crippen LogP contribution in [0, 0.1) is 0 Å². The zero-order valence-corrected chi connectivity index (χ0v) is 17.3. The quantitative estimate of drug-likeness (QED) is 0.644. The molecule has 0 saturated heterocycles. The number of hydrogen-bond donors (Lipinski definition) is 1. The second-order valence-electron chi connectivity index (χ2n) is 5.88. The number of halogens is 2. The molecule has 1 amide bonds. The first-order valence-electron chi connectivity index (χ1n) is 7.96. The fourth-order valence-corrected chi connectivity index (χ4v) is 4.12. The number of hydrogen-bond acceptors (Lipinski definition) is 6. The summed E-state index contributed by atoms with van der Waals surface area (Å²) in [5.74, 6) is 0.0285. The molecule has 146 valence electrons. The Bertz CT molecular complexity index is 835. The van der Waals surface area contributed by atoms with Crippen LogP contribution in [0.4, 0.5) is 4.79 Å². The molecule has 0 spiro atoms. The molecule has 0 fully saturated rings. The second kappa shape index (κ2) is 9.34. The Morgan fingerprint density at radius 2 is 1.85 bits per heavy atom. The fraction of sp³-hybridized carbons (Fsp3) is 0.353. The summed E-state index contributed by atoms with van der Waals surface area (Å²) in [5, 5.41) is 1.73. The molecule has 0 aliphatic rings. The molecule has 7 nitrogen and oxygen atoms in total. The molecule has 1 aromatic carbocycles. The number of carbonyl (C=O) groups excluding carboxylic acids is 2. The molecule has 0 saturated carbocycles. The summed E-state index contributed by atoms with van der Waals surface area (Å²) in [4.78, 5) is 27.6. The van der Waals surface area contributed by atoms with E-state index in [2.05, 4.69) is 4.98 Å². The van der Waals surface area contributed by atoms with Gasteiger partial charge in [-0.3, -0.25) is 9.36 Å². The van der Waals surface area contributed by atoms with Crippen LogP contribution in [-0.2, 0) is 27.6 Å². The van der Waals surface area contributed by atoms with Crippen molar-refractivity contribution in [3.8, 4) is 0 Å². The first kappa shape index (κ1) is 21.4. The first-order chi connectivity index (χ1) is 12.7. The molecule has 0 atom stereocenters. The minimum Gasteiger partial charge on any atom is -0.444 e. The zero-order chi connectivity index (χ0) is 20.1. The summed E-state index contributed by atoms with van der Waals surface area (Å²) in [6, 6.07) is 5.18. The first-order valence-corrected chi connectivity index (χ1v) is 9.53. The highest BCUT2D eigenvalue weighted by molar-refractivity contribution is 7.99. The van der Waals surface area contributed by atoms with E-state index >= 15 is 0 Å². The van der Waals surface area contributed by atoms with E-state index in [1.165, 1.54) is 18.7 Å². The van der Waals surface area contributed by atoms with Crippen molar-refractivity contribution in [2.75, 3.05) is 0 Å². The van der Waals surface area contributed by atoms with Gasteiger partial charge in [-0.15, -0.1) is 0 Å². The minimum absolute atomic E-state index is 0.0630. The van der Waals surface area contributed by atoms with Gasteiger partial charge in [0.1, 0.15) is 5.03 Å². The van der Waals surface area contributed by atoms with Crippen molar-refractivity contribution >= 4 is 47.0 Å². The number of nitrogens with two attached hydrogens (primary N) is 1. The maximum atomic E-state index is 11.3. The Morgan fingerprint density at radius 1 is 1.22 bits per heavy atom. The van der Waals surface area contributed by atoms with Gasteiger partial charge in [0.25, 0.3) is 0 Å². The molecule has 0 unspecified atom stereocenters. The van der Waals surface area contributed by atoms with Gasteiger partial charge in [0.2, 0.25) is 0 Å². The smallest absolute Gasteiger partial charge is 0.404 e. The third-order valence-corrected chi connectivity index (χ3v) is 4.89. The number of rotatable bonds is 7. The molecule has 2 aromatic rings. The molecule has 2 N–H and O–H groups in total. The Hall–Kier alpha value is -1.90. The lowest BCUT2D eigenvalue weighted by atomic mass is 10.2. The molecular weight excluding hydrogens is 413 g/mol. The lowest BCUT2D eigenvalue weighted by Crippen LogP contribution is -2.16. The van der Waals surface area contributed by atoms with Crippen LogP contribution in [0.25, 0.3) is 0 Å². The van der Waals surface area contributed by atoms with Crippen molar-refractivity contribution < 1.29 is 19.1 Å². The summed E-state index contributed by atoms with van der Waals surface area (Å²) < 4.78 is 11.7. The predicted octanol–water partition coefficient (Wildman–Crippen LogP) is 4.58. The standard InChI is InChI=1S/C17H19Cl2N3O4S/c1-9(2)15-16(27-13-5-11(18)4-12(19)6-13)22(8-26-10(3)23)14(21-15)7-25-17(20)24/h4-6,9H,7-8H2,1-3H3,(H2,20,24). The van der Waals surface area contributed by atoms with Gasteiger partial charge in [0, 0.05) is 21.9 Å². The molecule has 10 heteroatoms. The SMILES string of the molecule is CC(=O)OCn1c(COC(N)=O)nc(C(C)C)c1Sc1cc(Cl)cc(Cl)c1. The Kier molecular flexibility index (Phi) is 7.41. The fourth-order valence-electron chi connectivity index (χ4n) is 2.22. The Labute approximate surface area is 171 Å². The average Bonchev–Trinajstić information content (AvgIpc) is 2.87. The number of primary amides is 1. The van der Waals surface area contributed by atoms with Crippen molar-refractivity contribution in [2.45, 2.75) is 49.9 Å². The van der Waals surface area contributed by atoms with E-state index in [-0.39, 0.29) is 19.3 Å². The van der Waals surface area contributed by atoms with Gasteiger partial charge in [-0.2, -0.15) is 0 Å². The van der Waals surface area contributed by atoms with Gasteiger partial charge in [0.15, 0.2) is 19.2 Å². The van der Waals surface area contributed by atoms with Gasteiger partial charge in [-0.05, 0) is 24.1 Å². The molecule has 0 aliphatic carbocycles. The molecule has 1 heterocycles. The molecule has 2 rings (SSSR count). The number of aromatic nitrogens is 2. The number of amides is 1. The van der Waals surface area contributed by atoms with Crippen molar-refractivity contribution in [3.05, 3.63) is 39.8 Å². The molecular formula is C17H19Cl2N3O4S. The van der Waals surface area contributed by atoms with Crippen LogP contribution in [0.3, 0.4) is 0 Å². The molecule has 27 heavy (non-hydrogen) atoms. The van der Waals surface area contributed by atoms with Crippen LogP contribution in [0.1, 0.15) is 38.2 Å². The lowest BCUT2D eigenvalue weighted by Gasteiger charge is -2.13. The maximum absolute atomic E-state index is 11.3. The average molecular weight is 432 g/mol. The number of esters is 1. The van der Waals surface area contributed by atoms with Crippen LogP contribution in [0.5, 0.6) is 0 Å². The van der Waals surface area contributed by atoms with Crippen molar-refractivity contribution in [2.24, 2.45) is 5.73 Å². The van der Waals surface area contributed by atoms with E-state index in [1.54, 1.807) is 22.8 Å². The summed E-state index contributed by atoms with van der Waals surface area (Å²) >= 11 is 13.6. The van der Waals surface area contributed by atoms with Crippen molar-refractivity contribution in [3.63, 3.8) is 0 Å². The number of nitrogens with zero attached hydrogens (tertiary/aromatic N) is 2. The van der Waals surface area contributed by atoms with E-state index in [0.717, 1.165) is 15.6 Å². The second-order valence-corrected chi connectivity index (χ2v) is 7.82. The van der Waals surface area contributed by atoms with E-state index in [0.29, 0.717) is 15.9 Å². The molecule has 0 bridgehead atoms. The van der Waals surface area contributed by atoms with Crippen LogP contribution >= 0.6 is 35.0 Å². The van der Waals surface area contributed by atoms with Crippen LogP contribution in [-0.4, -0.2) is 21.6 Å². The molecule has 0 aliphatic heterocycles. The Balaban J connectivity index is 2.49. The number of benzene rings is 1. The number of carbonyl (C=O) groups is 2. The molecule has 0 radical (unpaired) electrons. The van der Waals surface area contributed by atoms with Gasteiger partial charge >= 0.3 is 12.1 Å². The lowest BCUT2D eigenvalue weighted by molar-refractivity contribution is -0.145. The van der Waals surface area contributed by atoms with E-state index in [1.807, 2.05) is 13.8 Å². The highest BCUT2D eigenvalue weighted by Gasteiger charge is 2.22. The van der Waals surface area contributed by atoms with Gasteiger partial charge in [-0.1, -0.05) is 48.8 Å². The largest absolute Gasteiger partial charge is 0.444 e. The van der Waals surface area contributed by atoms with Crippen molar-refractivity contribution in [1.29, 1.82) is 0 Å². The van der Waals surface area contributed by atoms with Gasteiger partial charge < -0.3 is 15.2 Å². The topological polar surface area (TPSA) is 96.4 Å². The Morgan fingerprint density at radius 3 is 2.37 bits per heavy atom. The third-order valence-electron chi connectivity index (χ3n) is 3.36. The van der Waals surface area contributed by atoms with E-state index < -0.39 is 12.1 Å². The third kappa shape index (κ3) is 6.05. The monoisotopic (exact) mass is 431 g/mol. The highest BCUT2D eigenvalue weighted by atomic mass is 35.5. The number of ether oxygens (including phenoxy) is 2. The summed E-state index contributed by atoms with van der Waals surface area (Å²) in [5.41, 5.74) is 5.81. The summed E-state index contributed by atoms with van der Waals surface area (Å²) in [6.45, 7) is 5.04. The summed E-state index contributed by atoms with van der Waals surface area (Å²) in [6.07, 6.45) is -0.918. The van der Waals surface area contributed by atoms with Crippen LogP contribution < -0.4 is 5.73 Å². The van der Waals surface area contributed by atoms with E-state index in [4.69, 9.17) is 38.4 Å². The van der Waals surface area contributed by atoms with Crippen LogP contribution in [0.2, 0.25) is 10.0 Å².